The normalized spacial score (nSPS) is 14.3. The summed E-state index contributed by atoms with van der Waals surface area (Å²) >= 11 is 0. The van der Waals surface area contributed by atoms with Gasteiger partial charge < -0.3 is 14.5 Å². The predicted octanol–water partition coefficient (Wildman–Crippen LogP) is 2.86. The number of methoxy groups -OCH3 is 1. The summed E-state index contributed by atoms with van der Waals surface area (Å²) in [5.74, 6) is 0.276. The second-order valence-corrected chi connectivity index (χ2v) is 6.46. The minimum Gasteiger partial charge on any atom is -0.496 e. The van der Waals surface area contributed by atoms with Crippen molar-refractivity contribution in [3.05, 3.63) is 69.8 Å². The molecule has 8 heteroatoms. The van der Waals surface area contributed by atoms with Crippen LogP contribution in [0.2, 0.25) is 0 Å². The number of carbonyl (C=O) groups is 1. The van der Waals surface area contributed by atoms with Crippen molar-refractivity contribution >= 4 is 23.4 Å². The molecule has 148 valence electrons. The smallest absolute Gasteiger partial charge is 0.269 e. The fraction of sp³-hybridized carbons (Fsp3) is 0.238. The molecule has 0 unspecified atom stereocenters. The van der Waals surface area contributed by atoms with Crippen LogP contribution in [0, 0.1) is 21.4 Å². The highest BCUT2D eigenvalue weighted by Crippen LogP contribution is 2.23. The third-order valence-electron chi connectivity index (χ3n) is 4.78. The third-order valence-corrected chi connectivity index (χ3v) is 4.78. The molecule has 0 N–H and O–H groups in total. The van der Waals surface area contributed by atoms with Crippen LogP contribution in [0.25, 0.3) is 6.08 Å². The zero-order valence-electron chi connectivity index (χ0n) is 15.9. The molecular weight excluding hydrogens is 372 g/mol. The summed E-state index contributed by atoms with van der Waals surface area (Å²) in [6.45, 7) is 2.08. The maximum Gasteiger partial charge on any atom is 0.269 e. The first kappa shape index (κ1) is 19.9. The van der Waals surface area contributed by atoms with Gasteiger partial charge >= 0.3 is 0 Å². The van der Waals surface area contributed by atoms with E-state index in [1.807, 2.05) is 18.2 Å². The fourth-order valence-electron chi connectivity index (χ4n) is 3.21. The summed E-state index contributed by atoms with van der Waals surface area (Å²) in [5, 5.41) is 20.3. The average Bonchev–Trinajstić information content (AvgIpc) is 2.77. The summed E-state index contributed by atoms with van der Waals surface area (Å²) in [7, 11) is 1.54. The standard InChI is InChI=1S/C21H20N4O4/c1-29-20-5-3-2-4-16(20)14-17(15-22)21(26)24-12-10-23(11-13-24)18-6-8-19(9-7-18)25(27)28/h2-9,14H,10-13H2,1H3/b17-14+. The number of rotatable bonds is 5. The maximum atomic E-state index is 12.8. The molecule has 1 saturated heterocycles. The van der Waals surface area contributed by atoms with Gasteiger partial charge in [0, 0.05) is 49.6 Å². The number of nitrogens with zero attached hydrogens (tertiary/aromatic N) is 4. The molecule has 0 saturated carbocycles. The van der Waals surface area contributed by atoms with E-state index in [1.165, 1.54) is 19.2 Å². The van der Waals surface area contributed by atoms with Crippen LogP contribution in [0.5, 0.6) is 5.75 Å². The SMILES string of the molecule is COc1ccccc1/C=C(\C#N)C(=O)N1CCN(c2ccc([N+](=O)[O-])cc2)CC1. The monoisotopic (exact) mass is 392 g/mol. The molecule has 0 spiro atoms. The van der Waals surface area contributed by atoms with Crippen LogP contribution >= 0.6 is 0 Å². The van der Waals surface area contributed by atoms with E-state index in [1.54, 1.807) is 35.2 Å². The lowest BCUT2D eigenvalue weighted by Crippen LogP contribution is -2.49. The van der Waals surface area contributed by atoms with Gasteiger partial charge in [0.2, 0.25) is 0 Å². The summed E-state index contributed by atoms with van der Waals surface area (Å²) in [4.78, 5) is 26.8. The summed E-state index contributed by atoms with van der Waals surface area (Å²) < 4.78 is 5.27. The predicted molar refractivity (Wildman–Crippen MR) is 108 cm³/mol. The van der Waals surface area contributed by atoms with Crippen LogP contribution in [-0.2, 0) is 4.79 Å². The number of nitriles is 1. The van der Waals surface area contributed by atoms with E-state index in [4.69, 9.17) is 4.74 Å². The molecule has 2 aromatic carbocycles. The van der Waals surface area contributed by atoms with Crippen molar-refractivity contribution in [1.82, 2.24) is 4.90 Å². The lowest BCUT2D eigenvalue weighted by molar-refractivity contribution is -0.384. The number of para-hydroxylation sites is 1. The molecule has 2 aromatic rings. The van der Waals surface area contributed by atoms with Gasteiger partial charge in [0.15, 0.2) is 0 Å². The Balaban J connectivity index is 1.68. The summed E-state index contributed by atoms with van der Waals surface area (Å²) in [5.41, 5.74) is 1.64. The summed E-state index contributed by atoms with van der Waals surface area (Å²) in [6, 6.07) is 15.5. The number of amides is 1. The molecule has 0 atom stereocenters. The molecule has 0 bridgehead atoms. The van der Waals surface area contributed by atoms with Gasteiger partial charge in [-0.2, -0.15) is 5.26 Å². The molecule has 0 aromatic heterocycles. The molecule has 1 amide bonds. The maximum absolute atomic E-state index is 12.8. The Kier molecular flexibility index (Phi) is 6.09. The Morgan fingerprint density at radius 3 is 2.38 bits per heavy atom. The Labute approximate surface area is 168 Å². The van der Waals surface area contributed by atoms with E-state index in [0.717, 1.165) is 5.69 Å². The largest absolute Gasteiger partial charge is 0.496 e. The second-order valence-electron chi connectivity index (χ2n) is 6.46. The van der Waals surface area contributed by atoms with Gasteiger partial charge in [0.1, 0.15) is 17.4 Å². The van der Waals surface area contributed by atoms with Gasteiger partial charge in [-0.15, -0.1) is 0 Å². The zero-order valence-corrected chi connectivity index (χ0v) is 15.9. The minimum atomic E-state index is -0.433. The van der Waals surface area contributed by atoms with E-state index >= 15 is 0 Å². The number of hydrogen-bond acceptors (Lipinski definition) is 6. The van der Waals surface area contributed by atoms with Crippen LogP contribution in [0.4, 0.5) is 11.4 Å². The lowest BCUT2D eigenvalue weighted by Gasteiger charge is -2.36. The van der Waals surface area contributed by atoms with Crippen molar-refractivity contribution in [3.63, 3.8) is 0 Å². The number of ether oxygens (including phenoxy) is 1. The van der Waals surface area contributed by atoms with Crippen molar-refractivity contribution < 1.29 is 14.5 Å². The van der Waals surface area contributed by atoms with E-state index in [2.05, 4.69) is 4.90 Å². The minimum absolute atomic E-state index is 0.0442. The molecule has 0 aliphatic carbocycles. The number of piperazine rings is 1. The Morgan fingerprint density at radius 2 is 1.79 bits per heavy atom. The van der Waals surface area contributed by atoms with E-state index in [9.17, 15) is 20.2 Å². The van der Waals surface area contributed by atoms with Gasteiger partial charge in [-0.1, -0.05) is 18.2 Å². The molecule has 8 nitrogen and oxygen atoms in total. The first-order chi connectivity index (χ1) is 14.0. The lowest BCUT2D eigenvalue weighted by atomic mass is 10.1. The van der Waals surface area contributed by atoms with Crippen molar-refractivity contribution in [3.8, 4) is 11.8 Å². The van der Waals surface area contributed by atoms with Gasteiger partial charge in [0.25, 0.3) is 11.6 Å². The van der Waals surface area contributed by atoms with Gasteiger partial charge in [0.05, 0.1) is 12.0 Å². The number of carbonyl (C=O) groups excluding carboxylic acids is 1. The first-order valence-electron chi connectivity index (χ1n) is 9.07. The van der Waals surface area contributed by atoms with E-state index < -0.39 is 4.92 Å². The number of hydrogen-bond donors (Lipinski definition) is 0. The number of anilines is 1. The average molecular weight is 392 g/mol. The van der Waals surface area contributed by atoms with Crippen LogP contribution < -0.4 is 9.64 Å². The van der Waals surface area contributed by atoms with Crippen molar-refractivity contribution in [2.45, 2.75) is 0 Å². The molecular formula is C21H20N4O4. The first-order valence-corrected chi connectivity index (χ1v) is 9.07. The quantitative estimate of drug-likeness (QED) is 0.336. The molecule has 3 rings (SSSR count). The Bertz CT molecular complexity index is 971. The van der Waals surface area contributed by atoms with Crippen molar-refractivity contribution in [2.75, 3.05) is 38.2 Å². The second kappa shape index (κ2) is 8.89. The highest BCUT2D eigenvalue weighted by molar-refractivity contribution is 6.02. The molecule has 1 aliphatic heterocycles. The van der Waals surface area contributed by atoms with Crippen LogP contribution in [0.15, 0.2) is 54.1 Å². The van der Waals surface area contributed by atoms with Gasteiger partial charge in [-0.05, 0) is 24.3 Å². The number of nitro benzene ring substituents is 1. The number of non-ortho nitro benzene ring substituents is 1. The number of nitro groups is 1. The zero-order chi connectivity index (χ0) is 20.8. The van der Waals surface area contributed by atoms with E-state index in [0.29, 0.717) is 37.5 Å². The number of benzene rings is 2. The van der Waals surface area contributed by atoms with Gasteiger partial charge in [-0.25, -0.2) is 0 Å². The van der Waals surface area contributed by atoms with Gasteiger partial charge in [-0.3, -0.25) is 14.9 Å². The van der Waals surface area contributed by atoms with E-state index in [-0.39, 0.29) is 17.2 Å². The van der Waals surface area contributed by atoms with Crippen LogP contribution in [0.1, 0.15) is 5.56 Å². The Hall–Kier alpha value is -3.86. The molecule has 1 heterocycles. The molecule has 0 radical (unpaired) electrons. The van der Waals surface area contributed by atoms with Crippen LogP contribution in [0.3, 0.4) is 0 Å². The van der Waals surface area contributed by atoms with Crippen molar-refractivity contribution in [1.29, 1.82) is 5.26 Å². The van der Waals surface area contributed by atoms with Crippen molar-refractivity contribution in [2.24, 2.45) is 0 Å². The summed E-state index contributed by atoms with van der Waals surface area (Å²) in [6.07, 6.45) is 1.55. The topological polar surface area (TPSA) is 99.7 Å². The Morgan fingerprint density at radius 1 is 1.14 bits per heavy atom. The molecule has 1 fully saturated rings. The molecule has 29 heavy (non-hydrogen) atoms. The highest BCUT2D eigenvalue weighted by Gasteiger charge is 2.24. The fourth-order valence-corrected chi connectivity index (χ4v) is 3.21. The highest BCUT2D eigenvalue weighted by atomic mass is 16.6. The molecule has 1 aliphatic rings. The third kappa shape index (κ3) is 4.52. The van der Waals surface area contributed by atoms with Crippen LogP contribution in [-0.4, -0.2) is 49.0 Å².